The van der Waals surface area contributed by atoms with E-state index < -0.39 is 11.9 Å². The number of benzene rings is 1. The number of aryl methyl sites for hydroxylation is 1. The first kappa shape index (κ1) is 17.1. The number of hydrogen-bond donors (Lipinski definition) is 2. The molecule has 0 aliphatic heterocycles. The third kappa shape index (κ3) is 3.83. The molecular weight excluding hydrogens is 338 g/mol. The molecule has 0 aliphatic rings. The van der Waals surface area contributed by atoms with E-state index in [-0.39, 0.29) is 17.1 Å². The van der Waals surface area contributed by atoms with Crippen molar-refractivity contribution < 1.29 is 18.8 Å². The van der Waals surface area contributed by atoms with E-state index in [1.165, 1.54) is 19.5 Å². The largest absolute Gasteiger partial charge is 0.465 e. The van der Waals surface area contributed by atoms with Gasteiger partial charge in [0.15, 0.2) is 5.82 Å². The van der Waals surface area contributed by atoms with E-state index in [2.05, 4.69) is 25.8 Å². The molecular formula is C17H15N5O4. The van der Waals surface area contributed by atoms with Crippen molar-refractivity contribution in [2.45, 2.75) is 6.92 Å². The molecule has 2 N–H and O–H groups in total. The third-order valence-corrected chi connectivity index (χ3v) is 3.36. The predicted molar refractivity (Wildman–Crippen MR) is 92.3 cm³/mol. The van der Waals surface area contributed by atoms with Crippen molar-refractivity contribution in [3.63, 3.8) is 0 Å². The van der Waals surface area contributed by atoms with Crippen LogP contribution in [0.3, 0.4) is 0 Å². The highest BCUT2D eigenvalue weighted by molar-refractivity contribution is 6.07. The van der Waals surface area contributed by atoms with Crippen molar-refractivity contribution in [2.24, 2.45) is 0 Å². The summed E-state index contributed by atoms with van der Waals surface area (Å²) >= 11 is 0. The van der Waals surface area contributed by atoms with Gasteiger partial charge >= 0.3 is 5.97 Å². The lowest BCUT2D eigenvalue weighted by Crippen LogP contribution is -2.16. The monoisotopic (exact) mass is 353 g/mol. The fourth-order valence-corrected chi connectivity index (χ4v) is 2.12. The molecule has 0 aliphatic carbocycles. The molecule has 0 radical (unpaired) electrons. The Hall–Kier alpha value is -3.75. The summed E-state index contributed by atoms with van der Waals surface area (Å²) < 4.78 is 9.64. The highest BCUT2D eigenvalue weighted by Gasteiger charge is 2.15. The van der Waals surface area contributed by atoms with E-state index in [1.54, 1.807) is 37.3 Å². The maximum Gasteiger partial charge on any atom is 0.339 e. The van der Waals surface area contributed by atoms with Crippen LogP contribution in [0.2, 0.25) is 0 Å². The van der Waals surface area contributed by atoms with E-state index in [9.17, 15) is 9.59 Å². The summed E-state index contributed by atoms with van der Waals surface area (Å²) in [5, 5.41) is 9.27. The van der Waals surface area contributed by atoms with Crippen LogP contribution in [0.5, 0.6) is 0 Å². The van der Waals surface area contributed by atoms with Gasteiger partial charge < -0.3 is 19.9 Å². The molecule has 3 rings (SSSR count). The summed E-state index contributed by atoms with van der Waals surface area (Å²) in [4.78, 5) is 32.2. The second-order valence-corrected chi connectivity index (χ2v) is 5.23. The quantitative estimate of drug-likeness (QED) is 0.672. The average molecular weight is 353 g/mol. The Morgan fingerprint density at radius 1 is 1.15 bits per heavy atom. The zero-order valence-electron chi connectivity index (χ0n) is 14.0. The second-order valence-electron chi connectivity index (χ2n) is 5.23. The summed E-state index contributed by atoms with van der Waals surface area (Å²) in [5.74, 6) is 0.383. The van der Waals surface area contributed by atoms with E-state index in [0.717, 1.165) is 0 Å². The Kier molecular flexibility index (Phi) is 4.88. The van der Waals surface area contributed by atoms with Crippen LogP contribution in [-0.4, -0.2) is 34.1 Å². The molecule has 3 aromatic rings. The Bertz CT molecular complexity index is 936. The van der Waals surface area contributed by atoms with Crippen LogP contribution in [0, 0.1) is 6.92 Å². The number of nitrogens with zero attached hydrogens (tertiary/aromatic N) is 3. The molecule has 132 valence electrons. The lowest BCUT2D eigenvalue weighted by atomic mass is 10.1. The van der Waals surface area contributed by atoms with Crippen LogP contribution in [0.4, 0.5) is 17.5 Å². The van der Waals surface area contributed by atoms with Gasteiger partial charge in [0.05, 0.1) is 23.9 Å². The number of para-hydroxylation sites is 1. The zero-order chi connectivity index (χ0) is 18.5. The molecule has 0 saturated carbocycles. The molecule has 0 saturated heterocycles. The van der Waals surface area contributed by atoms with Gasteiger partial charge in [-0.25, -0.2) is 14.8 Å². The van der Waals surface area contributed by atoms with Gasteiger partial charge in [0.25, 0.3) is 5.91 Å². The molecule has 2 aromatic heterocycles. The first-order valence-electron chi connectivity index (χ1n) is 7.58. The highest BCUT2D eigenvalue weighted by atomic mass is 16.5. The van der Waals surface area contributed by atoms with Crippen LogP contribution < -0.4 is 10.6 Å². The number of ether oxygens (including phenoxy) is 1. The van der Waals surface area contributed by atoms with Crippen LogP contribution in [0.25, 0.3) is 0 Å². The molecule has 0 atom stereocenters. The molecule has 1 amide bonds. The average Bonchev–Trinajstić information content (AvgIpc) is 3.07. The Labute approximate surface area is 148 Å². The summed E-state index contributed by atoms with van der Waals surface area (Å²) in [5.41, 5.74) is 0.820. The number of nitrogens with one attached hydrogen (secondary N) is 2. The minimum absolute atomic E-state index is 0.228. The molecule has 9 nitrogen and oxygen atoms in total. The van der Waals surface area contributed by atoms with Crippen molar-refractivity contribution in [3.05, 3.63) is 59.6 Å². The van der Waals surface area contributed by atoms with Gasteiger partial charge in [0.2, 0.25) is 5.95 Å². The molecule has 0 bridgehead atoms. The molecule has 26 heavy (non-hydrogen) atoms. The van der Waals surface area contributed by atoms with Gasteiger partial charge in [0, 0.05) is 18.5 Å². The maximum absolute atomic E-state index is 12.4. The van der Waals surface area contributed by atoms with Crippen LogP contribution in [0.15, 0.2) is 47.2 Å². The number of aromatic nitrogens is 3. The SMILES string of the molecule is COC(=O)c1ccccc1NC(=O)c1cnc(Nc2cc(C)on2)nc1. The van der Waals surface area contributed by atoms with Gasteiger partial charge in [-0.2, -0.15) is 0 Å². The topological polar surface area (TPSA) is 119 Å². The van der Waals surface area contributed by atoms with Crippen molar-refractivity contribution >= 4 is 29.3 Å². The van der Waals surface area contributed by atoms with Gasteiger partial charge in [0.1, 0.15) is 5.76 Å². The van der Waals surface area contributed by atoms with Crippen LogP contribution in [0.1, 0.15) is 26.5 Å². The van der Waals surface area contributed by atoms with E-state index >= 15 is 0 Å². The normalized spacial score (nSPS) is 10.2. The number of carbonyl (C=O) groups is 2. The van der Waals surface area contributed by atoms with Crippen molar-refractivity contribution in [3.8, 4) is 0 Å². The standard InChI is InChI=1S/C17H15N5O4/c1-10-7-14(22-26-10)21-17-18-8-11(9-19-17)15(23)20-13-6-4-3-5-12(13)16(24)25-2/h3-9H,1-2H3,(H,20,23)(H,18,19,21,22). The Morgan fingerprint density at radius 3 is 2.54 bits per heavy atom. The van der Waals surface area contributed by atoms with E-state index in [1.807, 2.05) is 0 Å². The van der Waals surface area contributed by atoms with Gasteiger partial charge in [-0.3, -0.25) is 4.79 Å². The lowest BCUT2D eigenvalue weighted by molar-refractivity contribution is 0.0602. The Balaban J connectivity index is 1.72. The fourth-order valence-electron chi connectivity index (χ4n) is 2.12. The number of rotatable bonds is 5. The van der Waals surface area contributed by atoms with Crippen molar-refractivity contribution in [2.75, 3.05) is 17.7 Å². The number of hydrogen-bond acceptors (Lipinski definition) is 8. The number of esters is 1. The first-order chi connectivity index (χ1) is 12.6. The van der Waals surface area contributed by atoms with Crippen molar-refractivity contribution in [1.82, 2.24) is 15.1 Å². The third-order valence-electron chi connectivity index (χ3n) is 3.36. The summed E-state index contributed by atoms with van der Waals surface area (Å²) in [6, 6.07) is 8.23. The van der Waals surface area contributed by atoms with Gasteiger partial charge in [-0.05, 0) is 19.1 Å². The molecule has 0 unspecified atom stereocenters. The van der Waals surface area contributed by atoms with Gasteiger partial charge in [-0.15, -0.1) is 0 Å². The molecule has 9 heteroatoms. The number of carbonyl (C=O) groups excluding carboxylic acids is 2. The number of anilines is 3. The molecule has 2 heterocycles. The minimum Gasteiger partial charge on any atom is -0.465 e. The summed E-state index contributed by atoms with van der Waals surface area (Å²) in [6.07, 6.45) is 2.72. The smallest absolute Gasteiger partial charge is 0.339 e. The Morgan fingerprint density at radius 2 is 1.88 bits per heavy atom. The van der Waals surface area contributed by atoms with Crippen molar-refractivity contribution in [1.29, 1.82) is 0 Å². The van der Waals surface area contributed by atoms with Crippen LogP contribution >= 0.6 is 0 Å². The van der Waals surface area contributed by atoms with Crippen LogP contribution in [-0.2, 0) is 4.74 Å². The fraction of sp³-hybridized carbons (Fsp3) is 0.118. The lowest BCUT2D eigenvalue weighted by Gasteiger charge is -2.09. The summed E-state index contributed by atoms with van der Waals surface area (Å²) in [6.45, 7) is 1.76. The zero-order valence-corrected chi connectivity index (χ0v) is 14.0. The highest BCUT2D eigenvalue weighted by Crippen LogP contribution is 2.17. The number of amides is 1. The van der Waals surface area contributed by atoms with Gasteiger partial charge in [-0.1, -0.05) is 17.3 Å². The first-order valence-corrected chi connectivity index (χ1v) is 7.58. The molecule has 1 aromatic carbocycles. The second kappa shape index (κ2) is 7.43. The summed E-state index contributed by atoms with van der Waals surface area (Å²) in [7, 11) is 1.27. The van der Waals surface area contributed by atoms with E-state index in [4.69, 9.17) is 9.26 Å². The predicted octanol–water partition coefficient (Wildman–Crippen LogP) is 2.56. The molecule has 0 spiro atoms. The molecule has 0 fully saturated rings. The number of methoxy groups -OCH3 is 1. The van der Waals surface area contributed by atoms with E-state index in [0.29, 0.717) is 17.3 Å². The maximum atomic E-state index is 12.4. The minimum atomic E-state index is -0.542.